The van der Waals surface area contributed by atoms with Gasteiger partial charge in [0.2, 0.25) is 5.91 Å². The molecule has 0 saturated carbocycles. The first kappa shape index (κ1) is 25.8. The number of nitrogens with zero attached hydrogens (tertiary/aromatic N) is 1. The van der Waals surface area contributed by atoms with Crippen LogP contribution in [0, 0.1) is 0 Å². The largest absolute Gasteiger partial charge is 0.497 e. The second-order valence-electron chi connectivity index (χ2n) is 6.19. The molecule has 0 saturated heterocycles. The second kappa shape index (κ2) is 13.9. The highest BCUT2D eigenvalue weighted by atomic mass is 127. The summed E-state index contributed by atoms with van der Waals surface area (Å²) in [6.45, 7) is 1.16. The Kier molecular flexibility index (Phi) is 12.0. The Morgan fingerprint density at radius 3 is 2.43 bits per heavy atom. The number of rotatable bonds is 9. The van der Waals surface area contributed by atoms with E-state index in [9.17, 15) is 4.79 Å². The van der Waals surface area contributed by atoms with Crippen molar-refractivity contribution in [2.45, 2.75) is 19.4 Å². The zero-order valence-electron chi connectivity index (χ0n) is 17.3. The standard InChI is InChI=1S/C21H27ClN4O3.HI/c1-23-21(25-14-15-6-11-18(28-2)13-19(15)29-3)24-12-4-5-20(27)26-17-9-7-16(22)8-10-17;/h6-11,13H,4-5,12,14H2,1-3H3,(H,26,27)(H2,23,24,25);1H. The van der Waals surface area contributed by atoms with Crippen LogP contribution in [-0.2, 0) is 11.3 Å². The zero-order chi connectivity index (χ0) is 21.1. The number of hydrogen-bond acceptors (Lipinski definition) is 4. The molecule has 2 rings (SSSR count). The van der Waals surface area contributed by atoms with E-state index in [1.165, 1.54) is 0 Å². The predicted molar refractivity (Wildman–Crippen MR) is 132 cm³/mol. The first-order chi connectivity index (χ1) is 14.0. The van der Waals surface area contributed by atoms with Crippen molar-refractivity contribution in [1.82, 2.24) is 10.6 Å². The number of carbonyl (C=O) groups is 1. The van der Waals surface area contributed by atoms with E-state index in [4.69, 9.17) is 21.1 Å². The fourth-order valence-electron chi connectivity index (χ4n) is 2.61. The molecule has 0 aromatic heterocycles. The highest BCUT2D eigenvalue weighted by Crippen LogP contribution is 2.24. The van der Waals surface area contributed by atoms with E-state index in [-0.39, 0.29) is 29.9 Å². The molecule has 164 valence electrons. The third-order valence-electron chi connectivity index (χ3n) is 4.17. The van der Waals surface area contributed by atoms with Crippen molar-refractivity contribution < 1.29 is 14.3 Å². The molecule has 0 radical (unpaired) electrons. The van der Waals surface area contributed by atoms with Gasteiger partial charge in [-0.1, -0.05) is 11.6 Å². The Morgan fingerprint density at radius 2 is 1.80 bits per heavy atom. The van der Waals surface area contributed by atoms with Crippen LogP contribution in [0.25, 0.3) is 0 Å². The molecule has 2 aromatic carbocycles. The van der Waals surface area contributed by atoms with Gasteiger partial charge in [0, 0.05) is 48.9 Å². The van der Waals surface area contributed by atoms with E-state index in [1.54, 1.807) is 45.5 Å². The summed E-state index contributed by atoms with van der Waals surface area (Å²) < 4.78 is 10.6. The zero-order valence-corrected chi connectivity index (χ0v) is 20.4. The van der Waals surface area contributed by atoms with Crippen LogP contribution >= 0.6 is 35.6 Å². The topological polar surface area (TPSA) is 84.0 Å². The minimum Gasteiger partial charge on any atom is -0.497 e. The van der Waals surface area contributed by atoms with E-state index in [2.05, 4.69) is 20.9 Å². The monoisotopic (exact) mass is 546 g/mol. The van der Waals surface area contributed by atoms with Crippen LogP contribution in [0.2, 0.25) is 5.02 Å². The lowest BCUT2D eigenvalue weighted by atomic mass is 10.2. The van der Waals surface area contributed by atoms with Crippen molar-refractivity contribution in [2.75, 3.05) is 33.1 Å². The molecule has 0 spiro atoms. The molecule has 0 unspecified atom stereocenters. The number of halogens is 2. The summed E-state index contributed by atoms with van der Waals surface area (Å²) in [6, 6.07) is 12.7. The molecule has 0 bridgehead atoms. The predicted octanol–water partition coefficient (Wildman–Crippen LogP) is 4.06. The normalized spacial score (nSPS) is 10.6. The lowest BCUT2D eigenvalue weighted by Crippen LogP contribution is -2.37. The van der Waals surface area contributed by atoms with Crippen LogP contribution < -0.4 is 25.4 Å². The number of benzene rings is 2. The van der Waals surface area contributed by atoms with Gasteiger partial charge in [0.1, 0.15) is 11.5 Å². The number of guanidine groups is 1. The summed E-state index contributed by atoms with van der Waals surface area (Å²) in [5.74, 6) is 2.09. The summed E-state index contributed by atoms with van der Waals surface area (Å²) in [5, 5.41) is 9.92. The summed E-state index contributed by atoms with van der Waals surface area (Å²) in [5.41, 5.74) is 1.72. The molecule has 0 aliphatic heterocycles. The number of nitrogens with one attached hydrogen (secondary N) is 3. The van der Waals surface area contributed by atoms with E-state index < -0.39 is 0 Å². The van der Waals surface area contributed by atoms with Crippen molar-refractivity contribution in [1.29, 1.82) is 0 Å². The lowest BCUT2D eigenvalue weighted by Gasteiger charge is -2.14. The van der Waals surface area contributed by atoms with Crippen LogP contribution in [-0.4, -0.2) is 39.7 Å². The summed E-state index contributed by atoms with van der Waals surface area (Å²) in [4.78, 5) is 16.2. The van der Waals surface area contributed by atoms with Gasteiger partial charge in [-0.05, 0) is 42.8 Å². The van der Waals surface area contributed by atoms with E-state index >= 15 is 0 Å². The smallest absolute Gasteiger partial charge is 0.224 e. The van der Waals surface area contributed by atoms with Crippen molar-refractivity contribution in [3.05, 3.63) is 53.1 Å². The molecular weight excluding hydrogens is 519 g/mol. The van der Waals surface area contributed by atoms with Gasteiger partial charge in [0.15, 0.2) is 5.96 Å². The van der Waals surface area contributed by atoms with Gasteiger partial charge >= 0.3 is 0 Å². The molecular formula is C21H28ClIN4O3. The van der Waals surface area contributed by atoms with Crippen LogP contribution in [0.3, 0.4) is 0 Å². The van der Waals surface area contributed by atoms with E-state index in [1.807, 2.05) is 18.2 Å². The highest BCUT2D eigenvalue weighted by molar-refractivity contribution is 14.0. The average molecular weight is 547 g/mol. The number of carbonyl (C=O) groups excluding carboxylic acids is 1. The fraction of sp³-hybridized carbons (Fsp3) is 0.333. The van der Waals surface area contributed by atoms with Crippen molar-refractivity contribution in [2.24, 2.45) is 4.99 Å². The highest BCUT2D eigenvalue weighted by Gasteiger charge is 2.07. The van der Waals surface area contributed by atoms with Gasteiger partial charge in [-0.3, -0.25) is 9.79 Å². The molecule has 0 aliphatic carbocycles. The van der Waals surface area contributed by atoms with Crippen LogP contribution in [0.4, 0.5) is 5.69 Å². The van der Waals surface area contributed by atoms with Gasteiger partial charge in [0.05, 0.1) is 14.2 Å². The van der Waals surface area contributed by atoms with Gasteiger partial charge in [0.25, 0.3) is 0 Å². The fourth-order valence-corrected chi connectivity index (χ4v) is 2.74. The van der Waals surface area contributed by atoms with Crippen molar-refractivity contribution in [3.63, 3.8) is 0 Å². The Hall–Kier alpha value is -2.20. The van der Waals surface area contributed by atoms with Gasteiger partial charge in [-0.25, -0.2) is 0 Å². The molecule has 2 aromatic rings. The average Bonchev–Trinajstić information content (AvgIpc) is 2.74. The van der Waals surface area contributed by atoms with Crippen LogP contribution in [0.5, 0.6) is 11.5 Å². The van der Waals surface area contributed by atoms with E-state index in [0.717, 1.165) is 22.7 Å². The Labute approximate surface area is 199 Å². The molecule has 0 heterocycles. The van der Waals surface area contributed by atoms with Crippen LogP contribution in [0.1, 0.15) is 18.4 Å². The molecule has 9 heteroatoms. The summed E-state index contributed by atoms with van der Waals surface area (Å²) in [7, 11) is 4.95. The number of methoxy groups -OCH3 is 2. The minimum absolute atomic E-state index is 0. The summed E-state index contributed by atoms with van der Waals surface area (Å²) in [6.07, 6.45) is 1.07. The molecule has 0 aliphatic rings. The number of amides is 1. The maximum absolute atomic E-state index is 12.0. The molecule has 0 atom stereocenters. The van der Waals surface area contributed by atoms with Gasteiger partial charge < -0.3 is 25.4 Å². The van der Waals surface area contributed by atoms with Crippen molar-refractivity contribution >= 4 is 53.1 Å². The SMILES string of the molecule is CN=C(NCCCC(=O)Nc1ccc(Cl)cc1)NCc1ccc(OC)cc1OC.I. The number of anilines is 1. The minimum atomic E-state index is -0.0416. The Balaban J connectivity index is 0.00000450. The first-order valence-electron chi connectivity index (χ1n) is 9.26. The van der Waals surface area contributed by atoms with Crippen LogP contribution in [0.15, 0.2) is 47.5 Å². The van der Waals surface area contributed by atoms with E-state index in [0.29, 0.717) is 36.9 Å². The second-order valence-corrected chi connectivity index (χ2v) is 6.63. The third-order valence-corrected chi connectivity index (χ3v) is 4.42. The Bertz CT molecular complexity index is 832. The maximum atomic E-state index is 12.0. The van der Waals surface area contributed by atoms with Crippen molar-refractivity contribution in [3.8, 4) is 11.5 Å². The first-order valence-corrected chi connectivity index (χ1v) is 9.64. The molecule has 7 nitrogen and oxygen atoms in total. The maximum Gasteiger partial charge on any atom is 0.224 e. The third kappa shape index (κ3) is 8.66. The van der Waals surface area contributed by atoms with Gasteiger partial charge in [-0.2, -0.15) is 0 Å². The number of aliphatic imine (C=N–C) groups is 1. The quantitative estimate of drug-likeness (QED) is 0.191. The number of ether oxygens (including phenoxy) is 2. The lowest BCUT2D eigenvalue weighted by molar-refractivity contribution is -0.116. The molecule has 0 fully saturated rings. The summed E-state index contributed by atoms with van der Waals surface area (Å²) >= 11 is 5.84. The molecule has 1 amide bonds. The molecule has 3 N–H and O–H groups in total. The Morgan fingerprint density at radius 1 is 1.07 bits per heavy atom. The number of hydrogen-bond donors (Lipinski definition) is 3. The van der Waals surface area contributed by atoms with Gasteiger partial charge in [-0.15, -0.1) is 24.0 Å². The molecule has 30 heavy (non-hydrogen) atoms.